The first-order chi connectivity index (χ1) is 13.5. The van der Waals surface area contributed by atoms with Gasteiger partial charge in [0.2, 0.25) is 0 Å². The third kappa shape index (κ3) is 3.31. The minimum absolute atomic E-state index is 0.0467. The normalized spacial score (nSPS) is 11.1. The van der Waals surface area contributed by atoms with Crippen LogP contribution in [0, 0.1) is 20.8 Å². The van der Waals surface area contributed by atoms with Gasteiger partial charge < -0.3 is 4.74 Å². The SMILES string of the molecule is Cc1ccc(OCCn2c(=O)cc(C)c3c(C)nn(-c4ccccc4)c32)cc1. The Bertz CT molecular complexity index is 1170. The maximum absolute atomic E-state index is 12.8. The fourth-order valence-corrected chi connectivity index (χ4v) is 3.52. The van der Waals surface area contributed by atoms with E-state index in [0.717, 1.165) is 33.7 Å². The largest absolute Gasteiger partial charge is 0.492 e. The Morgan fingerprint density at radius 3 is 2.39 bits per heavy atom. The molecule has 0 unspecified atom stereocenters. The molecule has 0 bridgehead atoms. The van der Waals surface area contributed by atoms with Gasteiger partial charge in [0, 0.05) is 11.5 Å². The van der Waals surface area contributed by atoms with Gasteiger partial charge in [0.1, 0.15) is 18.0 Å². The molecule has 2 aromatic carbocycles. The number of para-hydroxylation sites is 1. The number of hydrogen-bond acceptors (Lipinski definition) is 3. The van der Waals surface area contributed by atoms with Crippen LogP contribution in [0.4, 0.5) is 0 Å². The number of fused-ring (bicyclic) bond motifs is 1. The lowest BCUT2D eigenvalue weighted by atomic mass is 10.1. The first-order valence-electron chi connectivity index (χ1n) is 9.39. The van der Waals surface area contributed by atoms with Crippen LogP contribution in [-0.4, -0.2) is 21.0 Å². The molecular formula is C23H23N3O2. The van der Waals surface area contributed by atoms with Gasteiger partial charge in [-0.05, 0) is 50.6 Å². The monoisotopic (exact) mass is 373 g/mol. The van der Waals surface area contributed by atoms with Crippen molar-refractivity contribution in [1.29, 1.82) is 0 Å². The topological polar surface area (TPSA) is 49.1 Å². The zero-order valence-electron chi connectivity index (χ0n) is 16.3. The quantitative estimate of drug-likeness (QED) is 0.527. The van der Waals surface area contributed by atoms with E-state index in [0.29, 0.717) is 13.2 Å². The average molecular weight is 373 g/mol. The van der Waals surface area contributed by atoms with Crippen LogP contribution in [0.2, 0.25) is 0 Å². The highest BCUT2D eigenvalue weighted by molar-refractivity contribution is 5.83. The van der Waals surface area contributed by atoms with Gasteiger partial charge in [0.15, 0.2) is 0 Å². The Hall–Kier alpha value is -3.34. The van der Waals surface area contributed by atoms with Crippen LogP contribution in [0.25, 0.3) is 16.7 Å². The molecule has 5 heteroatoms. The molecule has 5 nitrogen and oxygen atoms in total. The zero-order valence-corrected chi connectivity index (χ0v) is 16.3. The Labute approximate surface area is 163 Å². The fraction of sp³-hybridized carbons (Fsp3) is 0.217. The molecule has 0 amide bonds. The second-order valence-corrected chi connectivity index (χ2v) is 7.01. The zero-order chi connectivity index (χ0) is 19.7. The number of ether oxygens (including phenoxy) is 1. The molecule has 28 heavy (non-hydrogen) atoms. The first kappa shape index (κ1) is 18.0. The second-order valence-electron chi connectivity index (χ2n) is 7.01. The van der Waals surface area contributed by atoms with Crippen LogP contribution in [-0.2, 0) is 6.54 Å². The molecular weight excluding hydrogens is 350 g/mol. The molecule has 0 radical (unpaired) electrons. The van der Waals surface area contributed by atoms with Gasteiger partial charge >= 0.3 is 0 Å². The van der Waals surface area contributed by atoms with Crippen LogP contribution >= 0.6 is 0 Å². The smallest absolute Gasteiger partial charge is 0.252 e. The summed E-state index contributed by atoms with van der Waals surface area (Å²) in [6, 6.07) is 19.5. The van der Waals surface area contributed by atoms with Crippen molar-refractivity contribution in [2.75, 3.05) is 6.61 Å². The van der Waals surface area contributed by atoms with E-state index in [-0.39, 0.29) is 5.56 Å². The standard InChI is InChI=1S/C23H23N3O2/c1-16-9-11-20(12-10-16)28-14-13-25-21(27)15-17(2)22-18(3)24-26(23(22)25)19-7-5-4-6-8-19/h4-12,15H,13-14H2,1-3H3. The molecule has 0 atom stereocenters. The molecule has 0 aliphatic heterocycles. The predicted octanol–water partition coefficient (Wildman–Crippen LogP) is 4.19. The minimum Gasteiger partial charge on any atom is -0.492 e. The molecule has 4 rings (SSSR count). The predicted molar refractivity (Wildman–Crippen MR) is 111 cm³/mol. The highest BCUT2D eigenvalue weighted by Crippen LogP contribution is 2.23. The molecule has 0 spiro atoms. The van der Waals surface area contributed by atoms with Gasteiger partial charge in [-0.2, -0.15) is 5.10 Å². The lowest BCUT2D eigenvalue weighted by molar-refractivity contribution is 0.298. The van der Waals surface area contributed by atoms with Crippen molar-refractivity contribution >= 4 is 11.0 Å². The van der Waals surface area contributed by atoms with Gasteiger partial charge in [0.25, 0.3) is 5.56 Å². The maximum Gasteiger partial charge on any atom is 0.252 e. The molecule has 0 fully saturated rings. The molecule has 4 aromatic rings. The summed E-state index contributed by atoms with van der Waals surface area (Å²) in [4.78, 5) is 12.8. The van der Waals surface area contributed by atoms with E-state index in [1.807, 2.05) is 80.1 Å². The average Bonchev–Trinajstić information content (AvgIpc) is 3.04. The number of aryl methyl sites for hydroxylation is 3. The highest BCUT2D eigenvalue weighted by Gasteiger charge is 2.16. The van der Waals surface area contributed by atoms with Crippen LogP contribution in [0.3, 0.4) is 0 Å². The molecule has 142 valence electrons. The van der Waals surface area contributed by atoms with Crippen molar-refractivity contribution < 1.29 is 4.74 Å². The van der Waals surface area contributed by atoms with E-state index in [2.05, 4.69) is 0 Å². The summed E-state index contributed by atoms with van der Waals surface area (Å²) in [7, 11) is 0. The Kier molecular flexibility index (Phi) is 4.74. The Morgan fingerprint density at radius 2 is 1.68 bits per heavy atom. The number of aromatic nitrogens is 3. The second kappa shape index (κ2) is 7.35. The lowest BCUT2D eigenvalue weighted by Gasteiger charge is -2.13. The van der Waals surface area contributed by atoms with E-state index < -0.39 is 0 Å². The summed E-state index contributed by atoms with van der Waals surface area (Å²) in [5.41, 5.74) is 4.72. The molecule has 0 saturated heterocycles. The van der Waals surface area contributed by atoms with Crippen LogP contribution in [0.1, 0.15) is 16.8 Å². The molecule has 0 aliphatic carbocycles. The van der Waals surface area contributed by atoms with Crippen molar-refractivity contribution in [1.82, 2.24) is 14.3 Å². The number of benzene rings is 2. The first-order valence-corrected chi connectivity index (χ1v) is 9.39. The van der Waals surface area contributed by atoms with Crippen molar-refractivity contribution in [2.24, 2.45) is 0 Å². The van der Waals surface area contributed by atoms with E-state index in [1.54, 1.807) is 10.6 Å². The van der Waals surface area contributed by atoms with Crippen LogP contribution in [0.15, 0.2) is 65.5 Å². The molecule has 0 N–H and O–H groups in total. The summed E-state index contributed by atoms with van der Waals surface area (Å²) in [5.74, 6) is 0.801. The number of nitrogens with zero attached hydrogens (tertiary/aromatic N) is 3. The summed E-state index contributed by atoms with van der Waals surface area (Å²) in [5, 5.41) is 5.73. The van der Waals surface area contributed by atoms with E-state index in [9.17, 15) is 4.79 Å². The minimum atomic E-state index is -0.0467. The fourth-order valence-electron chi connectivity index (χ4n) is 3.52. The Morgan fingerprint density at radius 1 is 0.964 bits per heavy atom. The van der Waals surface area contributed by atoms with E-state index >= 15 is 0 Å². The molecule has 2 heterocycles. The van der Waals surface area contributed by atoms with Crippen LogP contribution < -0.4 is 10.3 Å². The number of hydrogen-bond donors (Lipinski definition) is 0. The van der Waals surface area contributed by atoms with Crippen molar-refractivity contribution in [3.8, 4) is 11.4 Å². The van der Waals surface area contributed by atoms with Crippen LogP contribution in [0.5, 0.6) is 5.75 Å². The van der Waals surface area contributed by atoms with Crippen molar-refractivity contribution in [3.63, 3.8) is 0 Å². The van der Waals surface area contributed by atoms with Gasteiger partial charge in [-0.3, -0.25) is 9.36 Å². The van der Waals surface area contributed by atoms with Gasteiger partial charge in [-0.15, -0.1) is 0 Å². The Balaban J connectivity index is 1.75. The van der Waals surface area contributed by atoms with Gasteiger partial charge in [-0.1, -0.05) is 35.9 Å². The number of pyridine rings is 1. The maximum atomic E-state index is 12.8. The third-order valence-corrected chi connectivity index (χ3v) is 4.90. The lowest BCUT2D eigenvalue weighted by Crippen LogP contribution is -2.25. The molecule has 2 aromatic heterocycles. The van der Waals surface area contributed by atoms with Gasteiger partial charge in [0.05, 0.1) is 17.9 Å². The highest BCUT2D eigenvalue weighted by atomic mass is 16.5. The van der Waals surface area contributed by atoms with Crippen molar-refractivity contribution in [3.05, 3.63) is 87.8 Å². The van der Waals surface area contributed by atoms with Gasteiger partial charge in [-0.25, -0.2) is 4.68 Å². The molecule has 0 saturated carbocycles. The number of rotatable bonds is 5. The summed E-state index contributed by atoms with van der Waals surface area (Å²) >= 11 is 0. The summed E-state index contributed by atoms with van der Waals surface area (Å²) in [6.07, 6.45) is 0. The third-order valence-electron chi connectivity index (χ3n) is 4.90. The van der Waals surface area contributed by atoms with E-state index in [4.69, 9.17) is 9.84 Å². The van der Waals surface area contributed by atoms with Crippen molar-refractivity contribution in [2.45, 2.75) is 27.3 Å². The van der Waals surface area contributed by atoms with E-state index in [1.165, 1.54) is 5.56 Å². The molecule has 0 aliphatic rings. The summed E-state index contributed by atoms with van der Waals surface area (Å²) in [6.45, 7) is 6.83. The summed E-state index contributed by atoms with van der Waals surface area (Å²) < 4.78 is 9.47.